The van der Waals surface area contributed by atoms with E-state index in [1.165, 1.54) is 55.3 Å². The van der Waals surface area contributed by atoms with E-state index in [2.05, 4.69) is 86.6 Å². The molecule has 3 aromatic rings. The summed E-state index contributed by atoms with van der Waals surface area (Å²) in [4.78, 5) is 0. The van der Waals surface area contributed by atoms with E-state index in [1.54, 1.807) is 5.57 Å². The summed E-state index contributed by atoms with van der Waals surface area (Å²) in [6.45, 7) is 10.9. The average molecular weight is 376 g/mol. The van der Waals surface area contributed by atoms with Crippen LogP contribution in [-0.2, 0) is 11.8 Å². The summed E-state index contributed by atoms with van der Waals surface area (Å²) in [6.07, 6.45) is 13.2. The molecule has 2 heterocycles. The van der Waals surface area contributed by atoms with E-state index in [1.807, 2.05) is 6.08 Å². The van der Waals surface area contributed by atoms with Gasteiger partial charge in [-0.15, -0.1) is 0 Å². The van der Waals surface area contributed by atoms with Gasteiger partial charge in [-0.2, -0.15) is 0 Å². The molecule has 1 nitrogen and oxygen atoms in total. The van der Waals surface area contributed by atoms with Crippen molar-refractivity contribution in [2.24, 2.45) is 0 Å². The second-order valence-corrected chi connectivity index (χ2v) is 8.94. The second-order valence-electron chi connectivity index (χ2n) is 8.94. The van der Waals surface area contributed by atoms with E-state index in [0.717, 1.165) is 12.8 Å². The van der Waals surface area contributed by atoms with Crippen LogP contribution in [0.5, 0.6) is 0 Å². The zero-order chi connectivity index (χ0) is 19.9. The summed E-state index contributed by atoms with van der Waals surface area (Å²) in [7, 11) is 0. The van der Waals surface area contributed by atoms with Crippen LogP contribution in [0.1, 0.15) is 43.9 Å². The van der Waals surface area contributed by atoms with Crippen molar-refractivity contribution >= 4 is 33.1 Å². The number of rotatable bonds is 1. The van der Waals surface area contributed by atoms with Crippen LogP contribution in [0.4, 0.5) is 0 Å². The summed E-state index contributed by atoms with van der Waals surface area (Å²) in [5.74, 6) is 0. The highest BCUT2D eigenvalue weighted by molar-refractivity contribution is 6.17. The summed E-state index contributed by atoms with van der Waals surface area (Å²) in [5, 5.41) is 2.83. The van der Waals surface area contributed by atoms with E-state index in [0.29, 0.717) is 0 Å². The number of para-hydroxylation sites is 1. The first-order valence-electron chi connectivity index (χ1n) is 10.6. The lowest BCUT2D eigenvalue weighted by atomic mass is 9.72. The summed E-state index contributed by atoms with van der Waals surface area (Å²) < 4.78 is 2.50. The first kappa shape index (κ1) is 16.9. The van der Waals surface area contributed by atoms with Crippen molar-refractivity contribution in [3.8, 4) is 0 Å². The van der Waals surface area contributed by atoms with Crippen molar-refractivity contribution in [1.29, 1.82) is 0 Å². The predicted octanol–water partition coefficient (Wildman–Crippen LogP) is 7.33. The fourth-order valence-corrected chi connectivity index (χ4v) is 5.88. The third-order valence-electron chi connectivity index (χ3n) is 7.18. The second kappa shape index (κ2) is 5.51. The molecule has 0 atom stereocenters. The van der Waals surface area contributed by atoms with Crippen molar-refractivity contribution in [3.05, 3.63) is 95.1 Å². The molecule has 0 radical (unpaired) electrons. The van der Waals surface area contributed by atoms with Gasteiger partial charge in [-0.3, -0.25) is 0 Å². The van der Waals surface area contributed by atoms with Gasteiger partial charge in [0, 0.05) is 21.9 Å². The minimum Gasteiger partial charge on any atom is -0.309 e. The van der Waals surface area contributed by atoms with Gasteiger partial charge >= 0.3 is 0 Å². The molecule has 2 aromatic carbocycles. The standard InChI is InChI=1S/C28H25N/c1-5-10-22-24(6-2)29-25-14-8-7-12-19(25)26-21-15-17-11-9-13-18(17)20(21)16-23(27(26)29)28(22,3)4/h5-10,12-14,16H,1,11,15H2,2-4H3/b22-10+,24-6+. The molecule has 29 heavy (non-hydrogen) atoms. The Morgan fingerprint density at radius 3 is 2.79 bits per heavy atom. The highest BCUT2D eigenvalue weighted by Gasteiger charge is 2.39. The molecule has 3 aliphatic rings. The quantitative estimate of drug-likeness (QED) is 0.420. The molecule has 0 saturated heterocycles. The first-order chi connectivity index (χ1) is 14.1. The largest absolute Gasteiger partial charge is 0.309 e. The van der Waals surface area contributed by atoms with Gasteiger partial charge in [-0.1, -0.05) is 74.6 Å². The average Bonchev–Trinajstić information content (AvgIpc) is 3.38. The molecule has 0 N–H and O–H groups in total. The highest BCUT2D eigenvalue weighted by Crippen LogP contribution is 2.53. The van der Waals surface area contributed by atoms with Crippen molar-refractivity contribution < 1.29 is 0 Å². The molecule has 0 unspecified atom stereocenters. The maximum absolute atomic E-state index is 4.02. The van der Waals surface area contributed by atoms with E-state index >= 15 is 0 Å². The molecule has 0 amide bonds. The molecule has 142 valence electrons. The topological polar surface area (TPSA) is 4.93 Å². The van der Waals surface area contributed by atoms with Gasteiger partial charge in [0.25, 0.3) is 0 Å². The van der Waals surface area contributed by atoms with Gasteiger partial charge in [-0.05, 0) is 59.7 Å². The van der Waals surface area contributed by atoms with Gasteiger partial charge in [0.15, 0.2) is 0 Å². The highest BCUT2D eigenvalue weighted by atomic mass is 15.0. The molecule has 0 fully saturated rings. The molecule has 0 spiro atoms. The van der Waals surface area contributed by atoms with Crippen molar-refractivity contribution in [1.82, 2.24) is 4.57 Å². The number of hydrogen-bond acceptors (Lipinski definition) is 0. The monoisotopic (exact) mass is 375 g/mol. The molecule has 0 bridgehead atoms. The number of nitrogens with zero attached hydrogens (tertiary/aromatic N) is 1. The van der Waals surface area contributed by atoms with Crippen molar-refractivity contribution in [2.45, 2.75) is 39.0 Å². The Bertz CT molecular complexity index is 1380. The number of allylic oxidation sites excluding steroid dienone is 9. The molecule has 0 saturated carbocycles. The van der Waals surface area contributed by atoms with E-state index in [-0.39, 0.29) is 5.41 Å². The van der Waals surface area contributed by atoms with Gasteiger partial charge in [0.1, 0.15) is 0 Å². The SMILES string of the molecule is C=C/C=C1\C(=C/C)n2c3ccccc3c3c4c(cc(c32)C1(C)C)C1=C(CC=C1)C4. The molecular weight excluding hydrogens is 350 g/mol. The summed E-state index contributed by atoms with van der Waals surface area (Å²) >= 11 is 0. The van der Waals surface area contributed by atoms with Crippen LogP contribution in [0.3, 0.4) is 0 Å². The van der Waals surface area contributed by atoms with Crippen LogP contribution < -0.4 is 0 Å². The van der Waals surface area contributed by atoms with Crippen LogP contribution in [0.25, 0.3) is 33.1 Å². The van der Waals surface area contributed by atoms with Gasteiger partial charge in [-0.25, -0.2) is 0 Å². The third-order valence-corrected chi connectivity index (χ3v) is 7.18. The molecule has 2 aliphatic carbocycles. The number of aromatic nitrogens is 1. The van der Waals surface area contributed by atoms with Gasteiger partial charge < -0.3 is 4.57 Å². The minimum absolute atomic E-state index is 0.0840. The Balaban J connectivity index is 1.88. The number of hydrogen-bond donors (Lipinski definition) is 0. The fraction of sp³-hybridized carbons (Fsp3) is 0.214. The lowest BCUT2D eigenvalue weighted by Crippen LogP contribution is -2.28. The molecule has 1 aromatic heterocycles. The minimum atomic E-state index is -0.0840. The lowest BCUT2D eigenvalue weighted by Gasteiger charge is -2.37. The smallest absolute Gasteiger partial charge is 0.0585 e. The lowest BCUT2D eigenvalue weighted by molar-refractivity contribution is 0.631. The fourth-order valence-electron chi connectivity index (χ4n) is 5.88. The van der Waals surface area contributed by atoms with Crippen LogP contribution in [-0.4, -0.2) is 4.57 Å². The number of benzene rings is 2. The van der Waals surface area contributed by atoms with Gasteiger partial charge in [0.2, 0.25) is 0 Å². The predicted molar refractivity (Wildman–Crippen MR) is 125 cm³/mol. The van der Waals surface area contributed by atoms with Crippen molar-refractivity contribution in [3.63, 3.8) is 0 Å². The maximum Gasteiger partial charge on any atom is 0.0585 e. The Hall–Kier alpha value is -3.06. The normalized spacial score (nSPS) is 21.6. The van der Waals surface area contributed by atoms with E-state index in [4.69, 9.17) is 0 Å². The van der Waals surface area contributed by atoms with E-state index in [9.17, 15) is 0 Å². The first-order valence-corrected chi connectivity index (χ1v) is 10.6. The van der Waals surface area contributed by atoms with Crippen LogP contribution >= 0.6 is 0 Å². The Morgan fingerprint density at radius 2 is 2.00 bits per heavy atom. The third kappa shape index (κ3) is 1.91. The van der Waals surface area contributed by atoms with Gasteiger partial charge in [0.05, 0.1) is 11.0 Å². The molecular formula is C28H25N. The maximum atomic E-state index is 4.02. The Labute approximate surface area is 172 Å². The molecule has 1 aliphatic heterocycles. The zero-order valence-electron chi connectivity index (χ0n) is 17.3. The van der Waals surface area contributed by atoms with Crippen LogP contribution in [0.2, 0.25) is 0 Å². The molecule has 6 rings (SSSR count). The summed E-state index contributed by atoms with van der Waals surface area (Å²) in [6, 6.07) is 11.4. The zero-order valence-corrected chi connectivity index (χ0v) is 17.3. The van der Waals surface area contributed by atoms with Crippen LogP contribution in [0.15, 0.2) is 78.4 Å². The Kier molecular flexibility index (Phi) is 3.20. The Morgan fingerprint density at radius 1 is 1.17 bits per heavy atom. The number of fused-ring (bicyclic) bond motifs is 6. The van der Waals surface area contributed by atoms with Crippen molar-refractivity contribution in [2.75, 3.05) is 0 Å². The summed E-state index contributed by atoms with van der Waals surface area (Å²) in [5.41, 5.74) is 12.7. The molecule has 1 heteroatoms. The van der Waals surface area contributed by atoms with Crippen LogP contribution in [0, 0.1) is 0 Å². The van der Waals surface area contributed by atoms with E-state index < -0.39 is 0 Å².